The van der Waals surface area contributed by atoms with E-state index in [-0.39, 0.29) is 31.5 Å². The van der Waals surface area contributed by atoms with Crippen LogP contribution in [0.25, 0.3) is 10.9 Å². The second kappa shape index (κ2) is 7.86. The van der Waals surface area contributed by atoms with Crippen LogP contribution in [-0.4, -0.2) is 39.5 Å². The number of aryl methyl sites for hydroxylation is 1. The van der Waals surface area contributed by atoms with Crippen LogP contribution in [0.2, 0.25) is 0 Å². The van der Waals surface area contributed by atoms with Gasteiger partial charge >= 0.3 is 12.3 Å². The van der Waals surface area contributed by atoms with Gasteiger partial charge in [0.1, 0.15) is 0 Å². The van der Waals surface area contributed by atoms with Crippen molar-refractivity contribution >= 4 is 22.8 Å². The predicted octanol–water partition coefficient (Wildman–Crippen LogP) is 4.34. The monoisotopic (exact) mass is 434 g/mol. The van der Waals surface area contributed by atoms with Crippen LogP contribution in [0.3, 0.4) is 0 Å². The van der Waals surface area contributed by atoms with Gasteiger partial charge in [-0.25, -0.2) is 4.79 Å². The molecule has 0 unspecified atom stereocenters. The number of amides is 1. The van der Waals surface area contributed by atoms with Crippen LogP contribution in [0, 0.1) is 6.92 Å². The summed E-state index contributed by atoms with van der Waals surface area (Å²) in [7, 11) is 0. The van der Waals surface area contributed by atoms with Crippen LogP contribution in [0.5, 0.6) is 0 Å². The van der Waals surface area contributed by atoms with Crippen molar-refractivity contribution < 1.29 is 27.9 Å². The van der Waals surface area contributed by atoms with Crippen LogP contribution in [0.4, 0.5) is 23.8 Å². The van der Waals surface area contributed by atoms with Gasteiger partial charge in [0.2, 0.25) is 0 Å². The van der Waals surface area contributed by atoms with Crippen molar-refractivity contribution in [3.63, 3.8) is 0 Å². The van der Waals surface area contributed by atoms with Gasteiger partial charge in [-0.3, -0.25) is 10.4 Å². The quantitative estimate of drug-likeness (QED) is 0.571. The Kier molecular flexibility index (Phi) is 5.36. The van der Waals surface area contributed by atoms with Crippen molar-refractivity contribution in [2.24, 2.45) is 0 Å². The molecule has 10 heteroatoms. The lowest BCUT2D eigenvalue weighted by atomic mass is 9.82. The Bertz CT molecular complexity index is 1100. The lowest BCUT2D eigenvalue weighted by Gasteiger charge is -2.38. The molecule has 7 nitrogen and oxygen atoms in total. The van der Waals surface area contributed by atoms with Gasteiger partial charge in [0.05, 0.1) is 16.7 Å². The molecule has 3 aromatic rings. The van der Waals surface area contributed by atoms with Crippen LogP contribution in [-0.2, 0) is 16.6 Å². The normalized spacial score (nSPS) is 16.9. The summed E-state index contributed by atoms with van der Waals surface area (Å²) >= 11 is 0. The van der Waals surface area contributed by atoms with E-state index in [4.69, 9.17) is 4.84 Å². The number of rotatable bonds is 3. The number of halogens is 3. The van der Waals surface area contributed by atoms with E-state index in [2.05, 4.69) is 15.5 Å². The number of para-hydroxylation sites is 1. The molecule has 4 rings (SSSR count). The molecule has 1 amide bonds. The molecule has 0 saturated carbocycles. The highest BCUT2D eigenvalue weighted by Gasteiger charge is 2.39. The number of nitrogens with zero attached hydrogens (tertiary/aromatic N) is 2. The second-order valence-electron chi connectivity index (χ2n) is 7.61. The third kappa shape index (κ3) is 4.35. The van der Waals surface area contributed by atoms with Crippen molar-refractivity contribution in [1.82, 2.24) is 15.3 Å². The van der Waals surface area contributed by atoms with E-state index in [1.165, 1.54) is 11.1 Å². The highest BCUT2D eigenvalue weighted by Crippen LogP contribution is 2.38. The number of hydrogen-bond donors (Lipinski definition) is 3. The molecule has 3 N–H and O–H groups in total. The first kappa shape index (κ1) is 21.1. The molecule has 1 aromatic heterocycles. The van der Waals surface area contributed by atoms with Crippen LogP contribution in [0.1, 0.15) is 29.5 Å². The number of nitrogens with one attached hydrogen (secondary N) is 2. The number of fused-ring (bicyclic) bond motifs is 1. The Morgan fingerprint density at radius 1 is 1.23 bits per heavy atom. The second-order valence-corrected chi connectivity index (χ2v) is 7.61. The maximum atomic E-state index is 13.1. The number of H-pyrrole nitrogens is 1. The van der Waals surface area contributed by atoms with Gasteiger partial charge in [-0.2, -0.15) is 18.3 Å². The molecule has 164 valence electrons. The first-order valence-corrected chi connectivity index (χ1v) is 9.73. The number of anilines is 1. The molecule has 0 radical (unpaired) electrons. The first-order valence-electron chi connectivity index (χ1n) is 9.73. The molecular formula is C21H21F3N4O3. The Morgan fingerprint density at radius 3 is 2.65 bits per heavy atom. The zero-order chi connectivity index (χ0) is 22.2. The maximum absolute atomic E-state index is 13.1. The van der Waals surface area contributed by atoms with Crippen molar-refractivity contribution in [3.8, 4) is 0 Å². The molecule has 0 spiro atoms. The standard InChI is InChI=1S/C21H21F3N4O3/c1-13-6-7-14(21(22,23)24)12-16(13)20(30)8-10-28(11-9-20)31-19(29)25-18-15-4-2-3-5-17(15)26-27-18/h2-7,12,30H,8-11H2,1H3,(H2,25,26,27,29). The van der Waals surface area contributed by atoms with Gasteiger partial charge in [0.25, 0.3) is 0 Å². The Labute approximate surface area is 175 Å². The van der Waals surface area contributed by atoms with E-state index >= 15 is 0 Å². The summed E-state index contributed by atoms with van der Waals surface area (Å²) in [5.74, 6) is 0.328. The van der Waals surface area contributed by atoms with Crippen molar-refractivity contribution in [1.29, 1.82) is 0 Å². The Balaban J connectivity index is 1.40. The minimum Gasteiger partial charge on any atom is -0.385 e. The van der Waals surface area contributed by atoms with Crippen LogP contribution in [0.15, 0.2) is 42.5 Å². The molecule has 31 heavy (non-hydrogen) atoms. The molecule has 0 bridgehead atoms. The highest BCUT2D eigenvalue weighted by atomic mass is 19.4. The number of carbonyl (C=O) groups excluding carboxylic acids is 1. The summed E-state index contributed by atoms with van der Waals surface area (Å²) in [6.45, 7) is 2.00. The van der Waals surface area contributed by atoms with E-state index in [0.717, 1.165) is 23.0 Å². The molecule has 0 atom stereocenters. The molecule has 2 heterocycles. The molecule has 1 aliphatic heterocycles. The Morgan fingerprint density at radius 2 is 1.94 bits per heavy atom. The van der Waals surface area contributed by atoms with Crippen LogP contribution >= 0.6 is 0 Å². The topological polar surface area (TPSA) is 90.5 Å². The minimum atomic E-state index is -4.49. The highest BCUT2D eigenvalue weighted by molar-refractivity contribution is 5.96. The SMILES string of the molecule is Cc1ccc(C(F)(F)F)cc1C1(O)CCN(OC(=O)Nc2n[nH]c3ccccc23)CC1. The molecule has 0 aliphatic carbocycles. The number of hydrogen-bond acceptors (Lipinski definition) is 5. The van der Waals surface area contributed by atoms with E-state index < -0.39 is 23.4 Å². The fourth-order valence-electron chi connectivity index (χ4n) is 3.81. The summed E-state index contributed by atoms with van der Waals surface area (Å²) in [5, 5.41) is 22.5. The van der Waals surface area contributed by atoms with Crippen molar-refractivity contribution in [2.45, 2.75) is 31.5 Å². The largest absolute Gasteiger partial charge is 0.432 e. The lowest BCUT2D eigenvalue weighted by molar-refractivity contribution is -0.149. The van der Waals surface area contributed by atoms with Gasteiger partial charge in [0.15, 0.2) is 5.82 Å². The number of aliphatic hydroxyl groups is 1. The fraction of sp³-hybridized carbons (Fsp3) is 0.333. The lowest BCUT2D eigenvalue weighted by Crippen LogP contribution is -2.44. The van der Waals surface area contributed by atoms with E-state index in [9.17, 15) is 23.1 Å². The van der Waals surface area contributed by atoms with Gasteiger partial charge in [-0.15, -0.1) is 5.06 Å². The first-order chi connectivity index (χ1) is 14.7. The molecule has 1 fully saturated rings. The van der Waals surface area contributed by atoms with E-state index in [0.29, 0.717) is 11.4 Å². The average Bonchev–Trinajstić information content (AvgIpc) is 3.12. The predicted molar refractivity (Wildman–Crippen MR) is 107 cm³/mol. The summed E-state index contributed by atoms with van der Waals surface area (Å²) in [5.41, 5.74) is -0.648. The fourth-order valence-corrected chi connectivity index (χ4v) is 3.81. The van der Waals surface area contributed by atoms with E-state index in [1.807, 2.05) is 18.2 Å². The van der Waals surface area contributed by atoms with Gasteiger partial charge < -0.3 is 9.94 Å². The zero-order valence-electron chi connectivity index (χ0n) is 16.7. The molecule has 2 aromatic carbocycles. The smallest absolute Gasteiger partial charge is 0.385 e. The van der Waals surface area contributed by atoms with Crippen LogP contribution < -0.4 is 5.32 Å². The van der Waals surface area contributed by atoms with Gasteiger partial charge in [-0.05, 0) is 55.2 Å². The number of aromatic nitrogens is 2. The Hall–Kier alpha value is -3.11. The summed E-state index contributed by atoms with van der Waals surface area (Å²) in [6.07, 6.45) is -4.99. The number of aromatic amines is 1. The molecule has 1 aliphatic rings. The van der Waals surface area contributed by atoms with Crippen molar-refractivity contribution in [3.05, 3.63) is 59.2 Å². The third-order valence-electron chi connectivity index (χ3n) is 5.52. The van der Waals surface area contributed by atoms with E-state index in [1.54, 1.807) is 13.0 Å². The van der Waals surface area contributed by atoms with Gasteiger partial charge in [0, 0.05) is 18.5 Å². The number of carbonyl (C=O) groups is 1. The van der Waals surface area contributed by atoms with Gasteiger partial charge in [-0.1, -0.05) is 18.2 Å². The number of benzene rings is 2. The molecule has 1 saturated heterocycles. The maximum Gasteiger partial charge on any atom is 0.432 e. The molecular weight excluding hydrogens is 413 g/mol. The summed E-state index contributed by atoms with van der Waals surface area (Å²) < 4.78 is 39.3. The third-order valence-corrected chi connectivity index (χ3v) is 5.52. The number of hydroxylamine groups is 2. The summed E-state index contributed by atoms with van der Waals surface area (Å²) in [6, 6.07) is 10.6. The number of alkyl halides is 3. The average molecular weight is 434 g/mol. The number of piperidine rings is 1. The minimum absolute atomic E-state index is 0.119. The summed E-state index contributed by atoms with van der Waals surface area (Å²) in [4.78, 5) is 17.5. The van der Waals surface area contributed by atoms with Crippen molar-refractivity contribution in [2.75, 3.05) is 18.4 Å². The zero-order valence-corrected chi connectivity index (χ0v) is 16.7.